The molecule has 4 nitrogen and oxygen atoms in total. The molecule has 0 aromatic heterocycles. The largest absolute Gasteiger partial charge is 0.497 e. The lowest BCUT2D eigenvalue weighted by Crippen LogP contribution is -2.42. The van der Waals surface area contributed by atoms with Crippen LogP contribution in [0.1, 0.15) is 15.9 Å². The van der Waals surface area contributed by atoms with E-state index in [2.05, 4.69) is 5.32 Å². The van der Waals surface area contributed by atoms with Crippen molar-refractivity contribution in [3.05, 3.63) is 59.7 Å². The van der Waals surface area contributed by atoms with Crippen LogP contribution in [0.5, 0.6) is 5.75 Å². The molecule has 0 fully saturated rings. The number of carbonyl (C=O) groups excluding carboxylic acids is 1. The van der Waals surface area contributed by atoms with E-state index in [1.807, 2.05) is 24.3 Å². The maximum Gasteiger partial charge on any atom is 0.260 e. The van der Waals surface area contributed by atoms with Gasteiger partial charge in [0.2, 0.25) is 0 Å². The molecule has 3 rings (SSSR count). The van der Waals surface area contributed by atoms with Gasteiger partial charge in [-0.1, -0.05) is 18.2 Å². The van der Waals surface area contributed by atoms with Gasteiger partial charge in [-0.3, -0.25) is 9.69 Å². The first kappa shape index (κ1) is 16.5. The maximum atomic E-state index is 12.6. The Balaban J connectivity index is 0.00000176. The van der Waals surface area contributed by atoms with Crippen LogP contribution in [0.4, 0.5) is 5.69 Å². The highest BCUT2D eigenvalue weighted by Crippen LogP contribution is 2.24. The Morgan fingerprint density at radius 2 is 1.86 bits per heavy atom. The summed E-state index contributed by atoms with van der Waals surface area (Å²) in [4.78, 5) is 14.1. The van der Waals surface area contributed by atoms with Gasteiger partial charge in [0.05, 0.1) is 13.7 Å². The number of nitrogens with one attached hydrogen (secondary N) is 1. The molecule has 2 aromatic carbocycles. The normalized spacial score (nSPS) is 12.8. The van der Waals surface area contributed by atoms with Crippen LogP contribution < -0.4 is 10.1 Å². The van der Waals surface area contributed by atoms with Gasteiger partial charge in [-0.25, -0.2) is 0 Å². The zero-order chi connectivity index (χ0) is 14.8. The summed E-state index contributed by atoms with van der Waals surface area (Å²) in [5.41, 5.74) is 2.59. The summed E-state index contributed by atoms with van der Waals surface area (Å²) >= 11 is 5.30. The SMILES string of the molecule is Br.COc1ccc(C(=O)N2Cc3ccccc3NC2=S)cc1. The lowest BCUT2D eigenvalue weighted by Gasteiger charge is -2.30. The minimum Gasteiger partial charge on any atom is -0.497 e. The van der Waals surface area contributed by atoms with Gasteiger partial charge < -0.3 is 10.1 Å². The van der Waals surface area contributed by atoms with E-state index in [4.69, 9.17) is 17.0 Å². The molecule has 0 unspecified atom stereocenters. The van der Waals surface area contributed by atoms with Crippen molar-refractivity contribution in [1.82, 2.24) is 4.90 Å². The van der Waals surface area contributed by atoms with Crippen molar-refractivity contribution in [1.29, 1.82) is 0 Å². The molecular weight excluding hydrogens is 364 g/mol. The van der Waals surface area contributed by atoms with E-state index in [0.29, 0.717) is 17.2 Å². The number of rotatable bonds is 2. The van der Waals surface area contributed by atoms with Gasteiger partial charge in [0.15, 0.2) is 5.11 Å². The van der Waals surface area contributed by atoms with E-state index in [1.54, 1.807) is 36.3 Å². The topological polar surface area (TPSA) is 41.6 Å². The second kappa shape index (κ2) is 6.89. The molecule has 0 aliphatic carbocycles. The number of nitrogens with zero attached hydrogens (tertiary/aromatic N) is 1. The fraction of sp³-hybridized carbons (Fsp3) is 0.125. The van der Waals surface area contributed by atoms with Gasteiger partial charge >= 0.3 is 0 Å². The van der Waals surface area contributed by atoms with Crippen molar-refractivity contribution in [3.8, 4) is 5.75 Å². The van der Waals surface area contributed by atoms with Crippen LogP contribution in [-0.4, -0.2) is 23.0 Å². The first-order valence-electron chi connectivity index (χ1n) is 6.54. The molecule has 0 spiro atoms. The van der Waals surface area contributed by atoms with Crippen LogP contribution in [0.25, 0.3) is 0 Å². The minimum absolute atomic E-state index is 0. The summed E-state index contributed by atoms with van der Waals surface area (Å²) in [7, 11) is 1.59. The van der Waals surface area contributed by atoms with Gasteiger partial charge in [-0.2, -0.15) is 0 Å². The monoisotopic (exact) mass is 378 g/mol. The zero-order valence-electron chi connectivity index (χ0n) is 11.9. The smallest absolute Gasteiger partial charge is 0.260 e. The molecule has 1 aliphatic rings. The number of thiocarbonyl (C=S) groups is 1. The van der Waals surface area contributed by atoms with Crippen molar-refractivity contribution in [2.75, 3.05) is 12.4 Å². The first-order valence-corrected chi connectivity index (χ1v) is 6.94. The van der Waals surface area contributed by atoms with Gasteiger partial charge in [0, 0.05) is 11.3 Å². The van der Waals surface area contributed by atoms with Crippen LogP contribution in [0.15, 0.2) is 48.5 Å². The van der Waals surface area contributed by atoms with Gasteiger partial charge in [0.1, 0.15) is 5.75 Å². The summed E-state index contributed by atoms with van der Waals surface area (Å²) in [6.07, 6.45) is 0. The fourth-order valence-electron chi connectivity index (χ4n) is 2.26. The molecule has 22 heavy (non-hydrogen) atoms. The van der Waals surface area contributed by atoms with E-state index in [9.17, 15) is 4.79 Å². The van der Waals surface area contributed by atoms with Crippen LogP contribution >= 0.6 is 29.2 Å². The number of amides is 1. The molecule has 0 bridgehead atoms. The third kappa shape index (κ3) is 3.13. The predicted molar refractivity (Wildman–Crippen MR) is 95.9 cm³/mol. The van der Waals surface area contributed by atoms with Crippen molar-refractivity contribution in [2.24, 2.45) is 0 Å². The summed E-state index contributed by atoms with van der Waals surface area (Å²) in [5, 5.41) is 3.52. The molecule has 0 atom stereocenters. The Morgan fingerprint density at radius 1 is 1.18 bits per heavy atom. The standard InChI is InChI=1S/C16H14N2O2S.BrH/c1-20-13-8-6-11(7-9-13)15(19)18-10-12-4-2-3-5-14(12)17-16(18)21;/h2-9H,10H2,1H3,(H,17,21);1H. The Labute approximate surface area is 144 Å². The predicted octanol–water partition coefficient (Wildman–Crippen LogP) is 3.63. The number of fused-ring (bicyclic) bond motifs is 1. The highest BCUT2D eigenvalue weighted by molar-refractivity contribution is 8.93. The summed E-state index contributed by atoms with van der Waals surface area (Å²) in [5.74, 6) is 0.598. The van der Waals surface area contributed by atoms with E-state index in [1.165, 1.54) is 0 Å². The Kier molecular flexibility index (Phi) is 5.15. The highest BCUT2D eigenvalue weighted by atomic mass is 79.9. The number of carbonyl (C=O) groups is 1. The molecule has 114 valence electrons. The van der Waals surface area contributed by atoms with Gasteiger partial charge in [-0.15, -0.1) is 17.0 Å². The van der Waals surface area contributed by atoms with Crippen molar-refractivity contribution < 1.29 is 9.53 Å². The second-order valence-electron chi connectivity index (χ2n) is 4.71. The van der Waals surface area contributed by atoms with Crippen LogP contribution in [-0.2, 0) is 6.54 Å². The van der Waals surface area contributed by atoms with Crippen LogP contribution in [0.3, 0.4) is 0 Å². The number of benzene rings is 2. The average Bonchev–Trinajstić information content (AvgIpc) is 2.53. The van der Waals surface area contributed by atoms with Crippen LogP contribution in [0, 0.1) is 0 Å². The summed E-state index contributed by atoms with van der Waals surface area (Å²) in [6.45, 7) is 0.479. The number of methoxy groups -OCH3 is 1. The molecule has 0 saturated carbocycles. The molecule has 0 radical (unpaired) electrons. The Hall–Kier alpha value is -1.92. The van der Waals surface area contributed by atoms with Crippen molar-refractivity contribution >= 4 is 45.9 Å². The first-order chi connectivity index (χ1) is 10.2. The third-order valence-electron chi connectivity index (χ3n) is 3.41. The molecular formula is C16H15BrN2O2S. The quantitative estimate of drug-likeness (QED) is 0.810. The Bertz CT molecular complexity index is 704. The number of halogens is 1. The lowest BCUT2D eigenvalue weighted by atomic mass is 10.1. The summed E-state index contributed by atoms with van der Waals surface area (Å²) < 4.78 is 5.10. The van der Waals surface area contributed by atoms with Crippen molar-refractivity contribution in [3.63, 3.8) is 0 Å². The minimum atomic E-state index is -0.121. The molecule has 0 saturated heterocycles. The molecule has 2 aromatic rings. The van der Waals surface area contributed by atoms with E-state index in [-0.39, 0.29) is 22.9 Å². The van der Waals surface area contributed by atoms with E-state index in [0.717, 1.165) is 17.0 Å². The molecule has 1 N–H and O–H groups in total. The number of ether oxygens (including phenoxy) is 1. The number of anilines is 1. The molecule has 1 heterocycles. The Morgan fingerprint density at radius 3 is 2.55 bits per heavy atom. The second-order valence-corrected chi connectivity index (χ2v) is 5.09. The molecule has 6 heteroatoms. The molecule has 1 aliphatic heterocycles. The lowest BCUT2D eigenvalue weighted by molar-refractivity contribution is 0.0841. The average molecular weight is 379 g/mol. The number of hydrogen-bond acceptors (Lipinski definition) is 3. The van der Waals surface area contributed by atoms with E-state index < -0.39 is 0 Å². The van der Waals surface area contributed by atoms with Gasteiger partial charge in [-0.05, 0) is 48.1 Å². The summed E-state index contributed by atoms with van der Waals surface area (Å²) in [6, 6.07) is 14.8. The van der Waals surface area contributed by atoms with Crippen LogP contribution in [0.2, 0.25) is 0 Å². The van der Waals surface area contributed by atoms with E-state index >= 15 is 0 Å². The maximum absolute atomic E-state index is 12.6. The fourth-order valence-corrected chi connectivity index (χ4v) is 2.52. The highest BCUT2D eigenvalue weighted by Gasteiger charge is 2.25. The third-order valence-corrected chi connectivity index (χ3v) is 3.74. The zero-order valence-corrected chi connectivity index (χ0v) is 14.4. The van der Waals surface area contributed by atoms with Crippen molar-refractivity contribution in [2.45, 2.75) is 6.54 Å². The molecule has 1 amide bonds. The van der Waals surface area contributed by atoms with Gasteiger partial charge in [0.25, 0.3) is 5.91 Å². The number of hydrogen-bond donors (Lipinski definition) is 1. The number of para-hydroxylation sites is 1.